The van der Waals surface area contributed by atoms with E-state index in [2.05, 4.69) is 5.32 Å². The van der Waals surface area contributed by atoms with Crippen molar-refractivity contribution >= 4 is 33.2 Å². The summed E-state index contributed by atoms with van der Waals surface area (Å²) >= 11 is 0. The summed E-state index contributed by atoms with van der Waals surface area (Å²) in [5.74, 6) is -0.795. The standard InChI is InChI=1S/C22H27N3O4S/c1-4-24(5-2)30(28,29)20-11-9-18(10-12-20)23-22(27)17-14-21(26)25(15-17)19-8-6-7-16(3)13-19/h6-13,17H,4-5,14-15H2,1-3H3,(H,23,27). The monoisotopic (exact) mass is 429 g/mol. The predicted octanol–water partition coefficient (Wildman–Crippen LogP) is 3.02. The Balaban J connectivity index is 1.67. The van der Waals surface area contributed by atoms with Gasteiger partial charge < -0.3 is 10.2 Å². The molecule has 3 rings (SSSR count). The highest BCUT2D eigenvalue weighted by atomic mass is 32.2. The molecule has 2 amide bonds. The summed E-state index contributed by atoms with van der Waals surface area (Å²) in [6.07, 6.45) is 0.147. The number of amides is 2. The summed E-state index contributed by atoms with van der Waals surface area (Å²) < 4.78 is 26.5. The highest BCUT2D eigenvalue weighted by Gasteiger charge is 2.35. The van der Waals surface area contributed by atoms with Crippen molar-refractivity contribution in [3.05, 3.63) is 54.1 Å². The van der Waals surface area contributed by atoms with Crippen LogP contribution in [0, 0.1) is 12.8 Å². The summed E-state index contributed by atoms with van der Waals surface area (Å²) in [5.41, 5.74) is 2.34. The molecular formula is C22H27N3O4S. The lowest BCUT2D eigenvalue weighted by Gasteiger charge is -2.19. The quantitative estimate of drug-likeness (QED) is 0.733. The van der Waals surface area contributed by atoms with Gasteiger partial charge in [0.2, 0.25) is 21.8 Å². The van der Waals surface area contributed by atoms with E-state index in [1.807, 2.05) is 31.2 Å². The number of rotatable bonds is 7. The zero-order chi connectivity index (χ0) is 21.9. The Morgan fingerprint density at radius 1 is 1.13 bits per heavy atom. The highest BCUT2D eigenvalue weighted by Crippen LogP contribution is 2.27. The van der Waals surface area contributed by atoms with Crippen LogP contribution < -0.4 is 10.2 Å². The summed E-state index contributed by atoms with van der Waals surface area (Å²) in [4.78, 5) is 26.9. The van der Waals surface area contributed by atoms with Crippen LogP contribution in [0.5, 0.6) is 0 Å². The lowest BCUT2D eigenvalue weighted by molar-refractivity contribution is -0.122. The average molecular weight is 430 g/mol. The lowest BCUT2D eigenvalue weighted by atomic mass is 10.1. The minimum absolute atomic E-state index is 0.0820. The molecule has 30 heavy (non-hydrogen) atoms. The Kier molecular flexibility index (Phi) is 6.58. The molecule has 1 heterocycles. The molecule has 0 radical (unpaired) electrons. The maximum absolute atomic E-state index is 12.7. The first-order chi connectivity index (χ1) is 14.3. The van der Waals surface area contributed by atoms with E-state index in [9.17, 15) is 18.0 Å². The average Bonchev–Trinajstić information content (AvgIpc) is 3.11. The first-order valence-electron chi connectivity index (χ1n) is 10.0. The van der Waals surface area contributed by atoms with Crippen LogP contribution in [0.25, 0.3) is 0 Å². The molecule has 0 aromatic heterocycles. The third kappa shape index (κ3) is 4.55. The van der Waals surface area contributed by atoms with Crippen molar-refractivity contribution in [2.75, 3.05) is 29.9 Å². The third-order valence-corrected chi connectivity index (χ3v) is 7.34. The van der Waals surface area contributed by atoms with Gasteiger partial charge in [0.15, 0.2) is 0 Å². The second-order valence-electron chi connectivity index (χ2n) is 7.35. The molecule has 160 valence electrons. The van der Waals surface area contributed by atoms with Gasteiger partial charge in [-0.15, -0.1) is 0 Å². The summed E-state index contributed by atoms with van der Waals surface area (Å²) in [7, 11) is -3.54. The van der Waals surface area contributed by atoms with E-state index >= 15 is 0 Å². The SMILES string of the molecule is CCN(CC)S(=O)(=O)c1ccc(NC(=O)C2CC(=O)N(c3cccc(C)c3)C2)cc1. The molecule has 8 heteroatoms. The minimum atomic E-state index is -3.54. The second-order valence-corrected chi connectivity index (χ2v) is 9.29. The molecule has 0 saturated carbocycles. The number of aryl methyl sites for hydroxylation is 1. The van der Waals surface area contributed by atoms with Crippen LogP contribution in [0.1, 0.15) is 25.8 Å². The first-order valence-corrected chi connectivity index (χ1v) is 11.5. The molecule has 1 atom stereocenters. The molecule has 1 unspecified atom stereocenters. The van der Waals surface area contributed by atoms with E-state index in [1.165, 1.54) is 16.4 Å². The summed E-state index contributed by atoms with van der Waals surface area (Å²) in [6, 6.07) is 13.8. The Morgan fingerprint density at radius 3 is 2.40 bits per heavy atom. The molecule has 2 aromatic carbocycles. The molecule has 0 aliphatic carbocycles. The number of anilines is 2. The first kappa shape index (κ1) is 22.0. The molecular weight excluding hydrogens is 402 g/mol. The molecule has 1 saturated heterocycles. The van der Waals surface area contributed by atoms with E-state index in [1.54, 1.807) is 30.9 Å². The Labute approximate surface area is 177 Å². The maximum Gasteiger partial charge on any atom is 0.243 e. The van der Waals surface area contributed by atoms with Crippen LogP contribution in [-0.4, -0.2) is 44.2 Å². The number of benzene rings is 2. The van der Waals surface area contributed by atoms with Gasteiger partial charge in [0, 0.05) is 37.4 Å². The molecule has 7 nitrogen and oxygen atoms in total. The van der Waals surface area contributed by atoms with Crippen molar-refractivity contribution in [2.24, 2.45) is 5.92 Å². The molecule has 2 aromatic rings. The van der Waals surface area contributed by atoms with E-state index in [0.29, 0.717) is 25.3 Å². The van der Waals surface area contributed by atoms with Crippen molar-refractivity contribution in [2.45, 2.75) is 32.1 Å². The van der Waals surface area contributed by atoms with Crippen molar-refractivity contribution in [1.82, 2.24) is 4.31 Å². The summed E-state index contributed by atoms with van der Waals surface area (Å²) in [5, 5.41) is 2.80. The van der Waals surface area contributed by atoms with Gasteiger partial charge in [-0.3, -0.25) is 9.59 Å². The molecule has 1 aliphatic rings. The normalized spacial score (nSPS) is 16.9. The van der Waals surface area contributed by atoms with Gasteiger partial charge in [0.1, 0.15) is 0 Å². The van der Waals surface area contributed by atoms with Crippen LogP contribution in [0.15, 0.2) is 53.4 Å². The van der Waals surface area contributed by atoms with Gasteiger partial charge in [-0.25, -0.2) is 8.42 Å². The van der Waals surface area contributed by atoms with Gasteiger partial charge >= 0.3 is 0 Å². The molecule has 1 N–H and O–H groups in total. The number of sulfonamides is 1. The van der Waals surface area contributed by atoms with Crippen molar-refractivity contribution in [3.63, 3.8) is 0 Å². The number of nitrogens with zero attached hydrogens (tertiary/aromatic N) is 2. The van der Waals surface area contributed by atoms with Gasteiger partial charge in [0.25, 0.3) is 0 Å². The number of carbonyl (C=O) groups is 2. The van der Waals surface area contributed by atoms with E-state index in [0.717, 1.165) is 11.3 Å². The fraction of sp³-hybridized carbons (Fsp3) is 0.364. The van der Waals surface area contributed by atoms with Crippen LogP contribution in [0.3, 0.4) is 0 Å². The Hall–Kier alpha value is -2.71. The highest BCUT2D eigenvalue weighted by molar-refractivity contribution is 7.89. The minimum Gasteiger partial charge on any atom is -0.326 e. The second kappa shape index (κ2) is 8.97. The molecule has 1 fully saturated rings. The number of hydrogen-bond acceptors (Lipinski definition) is 4. The predicted molar refractivity (Wildman–Crippen MR) is 117 cm³/mol. The van der Waals surface area contributed by atoms with Crippen LogP contribution in [0.4, 0.5) is 11.4 Å². The summed E-state index contributed by atoms with van der Waals surface area (Å²) in [6.45, 7) is 6.65. The van der Waals surface area contributed by atoms with Crippen molar-refractivity contribution in [3.8, 4) is 0 Å². The third-order valence-electron chi connectivity index (χ3n) is 5.27. The van der Waals surface area contributed by atoms with E-state index in [4.69, 9.17) is 0 Å². The van der Waals surface area contributed by atoms with E-state index in [-0.39, 0.29) is 23.1 Å². The largest absolute Gasteiger partial charge is 0.326 e. The van der Waals surface area contributed by atoms with Gasteiger partial charge in [0.05, 0.1) is 10.8 Å². The number of carbonyl (C=O) groups excluding carboxylic acids is 2. The van der Waals surface area contributed by atoms with Crippen LogP contribution in [-0.2, 0) is 19.6 Å². The van der Waals surface area contributed by atoms with E-state index < -0.39 is 15.9 Å². The maximum atomic E-state index is 12.7. The van der Waals surface area contributed by atoms with Crippen LogP contribution >= 0.6 is 0 Å². The van der Waals surface area contributed by atoms with Gasteiger partial charge in [-0.2, -0.15) is 4.31 Å². The molecule has 1 aliphatic heterocycles. The van der Waals surface area contributed by atoms with Crippen molar-refractivity contribution in [1.29, 1.82) is 0 Å². The molecule has 0 bridgehead atoms. The Morgan fingerprint density at radius 2 is 1.80 bits per heavy atom. The van der Waals surface area contributed by atoms with Crippen molar-refractivity contribution < 1.29 is 18.0 Å². The number of nitrogens with one attached hydrogen (secondary N) is 1. The molecule has 0 spiro atoms. The number of hydrogen-bond donors (Lipinski definition) is 1. The van der Waals surface area contributed by atoms with Crippen LogP contribution in [0.2, 0.25) is 0 Å². The fourth-order valence-corrected chi connectivity index (χ4v) is 5.05. The van der Waals surface area contributed by atoms with Gasteiger partial charge in [-0.1, -0.05) is 26.0 Å². The topological polar surface area (TPSA) is 86.8 Å². The lowest BCUT2D eigenvalue weighted by Crippen LogP contribution is -2.30. The van der Waals surface area contributed by atoms with Gasteiger partial charge in [-0.05, 0) is 48.9 Å². The fourth-order valence-electron chi connectivity index (χ4n) is 3.60. The Bertz CT molecular complexity index is 1030. The zero-order valence-electron chi connectivity index (χ0n) is 17.5. The smallest absolute Gasteiger partial charge is 0.243 e. The zero-order valence-corrected chi connectivity index (χ0v) is 18.3.